The van der Waals surface area contributed by atoms with Gasteiger partial charge in [0.05, 0.1) is 10.6 Å². The van der Waals surface area contributed by atoms with Crippen molar-refractivity contribution < 1.29 is 9.72 Å². The number of halogens is 1. The zero-order chi connectivity index (χ0) is 17.0. The predicted molar refractivity (Wildman–Crippen MR) is 95.7 cm³/mol. The average molecular weight is 394 g/mol. The van der Waals surface area contributed by atoms with Crippen LogP contribution in [0.15, 0.2) is 46.9 Å². The first-order valence-corrected chi connectivity index (χ1v) is 7.70. The van der Waals surface area contributed by atoms with Crippen molar-refractivity contribution in [1.29, 1.82) is 0 Å². The van der Waals surface area contributed by atoms with Crippen LogP contribution in [0.2, 0.25) is 0 Å². The van der Waals surface area contributed by atoms with E-state index in [1.54, 1.807) is 0 Å². The van der Waals surface area contributed by atoms with Crippen LogP contribution in [0.25, 0.3) is 0 Å². The minimum absolute atomic E-state index is 0.103. The summed E-state index contributed by atoms with van der Waals surface area (Å²) in [5.41, 5.74) is 1.79. The molecule has 0 spiro atoms. The molecule has 0 fully saturated rings. The van der Waals surface area contributed by atoms with Gasteiger partial charge in [-0.25, -0.2) is 0 Å². The molecule has 6 nitrogen and oxygen atoms in total. The highest BCUT2D eigenvalue weighted by molar-refractivity contribution is 9.10. The largest absolute Gasteiger partial charge is 0.331 e. The molecule has 0 bridgehead atoms. The Morgan fingerprint density at radius 2 is 2.00 bits per heavy atom. The van der Waals surface area contributed by atoms with Gasteiger partial charge in [0, 0.05) is 22.2 Å². The summed E-state index contributed by atoms with van der Waals surface area (Å²) in [7, 11) is 0. The van der Waals surface area contributed by atoms with E-state index in [0.29, 0.717) is 5.69 Å². The molecule has 0 heterocycles. The summed E-state index contributed by atoms with van der Waals surface area (Å²) >= 11 is 8.49. The van der Waals surface area contributed by atoms with Crippen molar-refractivity contribution in [2.45, 2.75) is 6.92 Å². The molecular weight excluding hydrogens is 382 g/mol. The van der Waals surface area contributed by atoms with Gasteiger partial charge in [0.2, 0.25) is 0 Å². The fraction of sp³-hybridized carbons (Fsp3) is 0.0667. The van der Waals surface area contributed by atoms with Gasteiger partial charge < -0.3 is 5.32 Å². The first-order chi connectivity index (χ1) is 10.9. The number of nitrogens with one attached hydrogen (secondary N) is 2. The zero-order valence-electron chi connectivity index (χ0n) is 12.0. The van der Waals surface area contributed by atoms with E-state index >= 15 is 0 Å². The first kappa shape index (κ1) is 17.0. The Balaban J connectivity index is 2.06. The van der Waals surface area contributed by atoms with E-state index in [-0.39, 0.29) is 16.4 Å². The summed E-state index contributed by atoms with van der Waals surface area (Å²) in [6, 6.07) is 11.1. The van der Waals surface area contributed by atoms with E-state index in [1.807, 2.05) is 25.1 Å². The second-order valence-electron chi connectivity index (χ2n) is 4.70. The van der Waals surface area contributed by atoms with Gasteiger partial charge in [0.15, 0.2) is 5.11 Å². The summed E-state index contributed by atoms with van der Waals surface area (Å²) in [4.78, 5) is 22.3. The number of carbonyl (C=O) groups is 1. The first-order valence-electron chi connectivity index (χ1n) is 6.50. The van der Waals surface area contributed by atoms with Crippen molar-refractivity contribution in [3.63, 3.8) is 0 Å². The molecule has 0 aromatic heterocycles. The normalized spacial score (nSPS) is 10.0. The van der Waals surface area contributed by atoms with Crippen LogP contribution < -0.4 is 10.6 Å². The average Bonchev–Trinajstić information content (AvgIpc) is 2.50. The third-order valence-corrected chi connectivity index (χ3v) is 3.78. The van der Waals surface area contributed by atoms with Crippen LogP contribution in [0.5, 0.6) is 0 Å². The highest BCUT2D eigenvalue weighted by Crippen LogP contribution is 2.23. The van der Waals surface area contributed by atoms with Crippen LogP contribution in [0.4, 0.5) is 11.4 Å². The Morgan fingerprint density at radius 3 is 2.65 bits per heavy atom. The smallest absolute Gasteiger partial charge is 0.270 e. The quantitative estimate of drug-likeness (QED) is 0.470. The third kappa shape index (κ3) is 4.57. The molecule has 0 aliphatic heterocycles. The Bertz CT molecular complexity index is 795. The Morgan fingerprint density at radius 1 is 1.26 bits per heavy atom. The number of hydrogen-bond acceptors (Lipinski definition) is 4. The van der Waals surface area contributed by atoms with E-state index in [4.69, 9.17) is 12.2 Å². The van der Waals surface area contributed by atoms with Gasteiger partial charge in [-0.15, -0.1) is 0 Å². The molecule has 8 heteroatoms. The second-order valence-corrected chi connectivity index (χ2v) is 5.96. The number of rotatable bonds is 3. The van der Waals surface area contributed by atoms with Gasteiger partial charge >= 0.3 is 0 Å². The lowest BCUT2D eigenvalue weighted by Gasteiger charge is -2.11. The van der Waals surface area contributed by atoms with E-state index in [9.17, 15) is 14.9 Å². The summed E-state index contributed by atoms with van der Waals surface area (Å²) < 4.78 is 0.810. The molecular formula is C15H12BrN3O3S. The number of thiocarbonyl (C=S) groups is 1. The monoisotopic (exact) mass is 393 g/mol. The Labute approximate surface area is 146 Å². The summed E-state index contributed by atoms with van der Waals surface area (Å²) in [6.07, 6.45) is 0. The number of hydrogen-bond donors (Lipinski definition) is 2. The number of carbonyl (C=O) groups excluding carboxylic acids is 1. The molecule has 0 aliphatic carbocycles. The minimum atomic E-state index is -0.559. The molecule has 0 saturated heterocycles. The Kier molecular flexibility index (Phi) is 5.41. The molecule has 0 unspecified atom stereocenters. The number of benzene rings is 2. The number of nitro benzene ring substituents is 1. The maximum atomic E-state index is 12.1. The number of nitro groups is 1. The van der Waals surface area contributed by atoms with Gasteiger partial charge in [-0.05, 0) is 58.8 Å². The van der Waals surface area contributed by atoms with Gasteiger partial charge in [-0.2, -0.15) is 0 Å². The van der Waals surface area contributed by atoms with E-state index in [2.05, 4.69) is 26.6 Å². The summed E-state index contributed by atoms with van der Waals surface area (Å²) in [5, 5.41) is 16.2. The van der Waals surface area contributed by atoms with E-state index < -0.39 is 10.8 Å². The van der Waals surface area contributed by atoms with Crippen LogP contribution >= 0.6 is 28.1 Å². The molecule has 0 saturated carbocycles. The summed E-state index contributed by atoms with van der Waals surface area (Å²) in [5.74, 6) is -0.519. The lowest BCUT2D eigenvalue weighted by molar-refractivity contribution is -0.384. The molecule has 0 radical (unpaired) electrons. The SMILES string of the molecule is Cc1ccc(NC(=S)NC(=O)c2cccc([N+](=O)[O-])c2)c(Br)c1. The second kappa shape index (κ2) is 7.30. The fourth-order valence-corrected chi connectivity index (χ4v) is 2.61. The molecule has 0 atom stereocenters. The number of aryl methyl sites for hydroxylation is 1. The molecule has 0 aliphatic rings. The molecule has 2 rings (SSSR count). The van der Waals surface area contributed by atoms with Crippen LogP contribution in [0.3, 0.4) is 0 Å². The van der Waals surface area contributed by atoms with Gasteiger partial charge in [0.1, 0.15) is 0 Å². The van der Waals surface area contributed by atoms with Crippen molar-refractivity contribution in [3.05, 3.63) is 68.2 Å². The van der Waals surface area contributed by atoms with Crippen LogP contribution in [0.1, 0.15) is 15.9 Å². The number of nitrogens with zero attached hydrogens (tertiary/aromatic N) is 1. The number of non-ortho nitro benzene ring substituents is 1. The molecule has 2 aromatic rings. The van der Waals surface area contributed by atoms with Crippen LogP contribution in [0, 0.1) is 17.0 Å². The molecule has 118 valence electrons. The lowest BCUT2D eigenvalue weighted by Crippen LogP contribution is -2.34. The molecule has 2 N–H and O–H groups in total. The van der Waals surface area contributed by atoms with Gasteiger partial charge in [-0.3, -0.25) is 20.2 Å². The van der Waals surface area contributed by atoms with Crippen molar-refractivity contribution in [2.75, 3.05) is 5.32 Å². The Hall–Kier alpha value is -2.32. The molecule has 23 heavy (non-hydrogen) atoms. The highest BCUT2D eigenvalue weighted by atomic mass is 79.9. The van der Waals surface area contributed by atoms with Crippen molar-refractivity contribution in [1.82, 2.24) is 5.32 Å². The minimum Gasteiger partial charge on any atom is -0.331 e. The number of amides is 1. The van der Waals surface area contributed by atoms with Crippen molar-refractivity contribution >= 4 is 50.5 Å². The topological polar surface area (TPSA) is 84.3 Å². The highest BCUT2D eigenvalue weighted by Gasteiger charge is 2.13. The van der Waals surface area contributed by atoms with E-state index in [1.165, 1.54) is 24.3 Å². The van der Waals surface area contributed by atoms with Crippen molar-refractivity contribution in [2.24, 2.45) is 0 Å². The zero-order valence-corrected chi connectivity index (χ0v) is 14.4. The molecule has 2 aromatic carbocycles. The third-order valence-electron chi connectivity index (χ3n) is 2.92. The fourth-order valence-electron chi connectivity index (χ4n) is 1.81. The predicted octanol–water partition coefficient (Wildman–Crippen LogP) is 3.79. The standard InChI is InChI=1S/C15H12BrN3O3S/c1-9-5-6-13(12(16)7-9)17-15(23)18-14(20)10-3-2-4-11(8-10)19(21)22/h2-8H,1H3,(H2,17,18,20,23). The summed E-state index contributed by atoms with van der Waals surface area (Å²) in [6.45, 7) is 1.96. The maximum absolute atomic E-state index is 12.1. The van der Waals surface area contributed by atoms with Gasteiger partial charge in [0.25, 0.3) is 11.6 Å². The maximum Gasteiger partial charge on any atom is 0.270 e. The molecule has 1 amide bonds. The lowest BCUT2D eigenvalue weighted by atomic mass is 10.2. The van der Waals surface area contributed by atoms with Crippen LogP contribution in [-0.2, 0) is 0 Å². The van der Waals surface area contributed by atoms with Gasteiger partial charge in [-0.1, -0.05) is 12.1 Å². The van der Waals surface area contributed by atoms with Crippen molar-refractivity contribution in [3.8, 4) is 0 Å². The van der Waals surface area contributed by atoms with Crippen LogP contribution in [-0.4, -0.2) is 15.9 Å². The number of anilines is 1. The van der Waals surface area contributed by atoms with E-state index in [0.717, 1.165) is 10.0 Å².